The second kappa shape index (κ2) is 6.46. The third kappa shape index (κ3) is 4.21. The molecule has 0 spiro atoms. The van der Waals surface area contributed by atoms with Crippen LogP contribution in [0.5, 0.6) is 0 Å². The Balaban J connectivity index is 1.81. The summed E-state index contributed by atoms with van der Waals surface area (Å²) in [5.41, 5.74) is 0.451. The second-order valence-electron chi connectivity index (χ2n) is 7.94. The molecule has 0 bridgehead atoms. The molecule has 1 aliphatic heterocycles. The largest absolute Gasteiger partial charge is 0.344 e. The first-order chi connectivity index (χ1) is 9.36. The van der Waals surface area contributed by atoms with Gasteiger partial charge in [0.15, 0.2) is 0 Å². The maximum atomic E-state index is 11.5. The lowest BCUT2D eigenvalue weighted by molar-refractivity contribution is -0.132. The van der Waals surface area contributed by atoms with Crippen LogP contribution < -0.4 is 5.32 Å². The summed E-state index contributed by atoms with van der Waals surface area (Å²) in [6.07, 6.45) is 8.42. The maximum absolute atomic E-state index is 11.5. The highest BCUT2D eigenvalue weighted by Gasteiger charge is 2.29. The Hall–Kier alpha value is -0.570. The van der Waals surface area contributed by atoms with Crippen LogP contribution in [0, 0.1) is 11.3 Å². The van der Waals surface area contributed by atoms with Gasteiger partial charge in [-0.25, -0.2) is 0 Å². The van der Waals surface area contributed by atoms with Crippen molar-refractivity contribution in [3.63, 3.8) is 0 Å². The van der Waals surface area contributed by atoms with Crippen LogP contribution in [0.15, 0.2) is 0 Å². The number of hydrogen-bond donors (Lipinski definition) is 1. The van der Waals surface area contributed by atoms with E-state index in [1.54, 1.807) is 0 Å². The molecule has 0 aromatic rings. The van der Waals surface area contributed by atoms with E-state index < -0.39 is 0 Å². The smallest absolute Gasteiger partial charge is 0.222 e. The molecule has 2 rings (SSSR count). The van der Waals surface area contributed by atoms with E-state index in [1.165, 1.54) is 32.1 Å². The van der Waals surface area contributed by atoms with Crippen molar-refractivity contribution in [1.82, 2.24) is 10.2 Å². The first-order valence-corrected chi connectivity index (χ1v) is 8.36. The molecule has 3 unspecified atom stereocenters. The molecule has 1 N–H and O–H groups in total. The van der Waals surface area contributed by atoms with E-state index >= 15 is 0 Å². The predicted molar refractivity (Wildman–Crippen MR) is 83.6 cm³/mol. The molecule has 1 saturated carbocycles. The number of nitrogens with zero attached hydrogens (tertiary/aromatic N) is 1. The Bertz CT molecular complexity index is 334. The number of carbonyl (C=O) groups excluding carboxylic acids is 1. The minimum atomic E-state index is 0.303. The molecule has 2 fully saturated rings. The van der Waals surface area contributed by atoms with Crippen molar-refractivity contribution in [2.45, 2.75) is 77.8 Å². The number of amides is 1. The molecule has 1 amide bonds. The van der Waals surface area contributed by atoms with Crippen LogP contribution in [0.3, 0.4) is 0 Å². The monoisotopic (exact) mass is 280 g/mol. The van der Waals surface area contributed by atoms with Crippen molar-refractivity contribution in [3.8, 4) is 0 Å². The second-order valence-corrected chi connectivity index (χ2v) is 7.94. The quantitative estimate of drug-likeness (QED) is 0.788. The summed E-state index contributed by atoms with van der Waals surface area (Å²) in [5, 5.41) is 3.83. The van der Waals surface area contributed by atoms with Gasteiger partial charge in [-0.15, -0.1) is 0 Å². The molecule has 1 saturated heterocycles. The lowest BCUT2D eigenvalue weighted by Crippen LogP contribution is -2.49. The number of hydrogen-bond acceptors (Lipinski definition) is 2. The number of piperidine rings is 1. The van der Waals surface area contributed by atoms with Gasteiger partial charge in [-0.3, -0.25) is 4.79 Å². The minimum absolute atomic E-state index is 0.303. The van der Waals surface area contributed by atoms with E-state index in [9.17, 15) is 4.79 Å². The van der Waals surface area contributed by atoms with Crippen molar-refractivity contribution in [2.24, 2.45) is 11.3 Å². The first-order valence-electron chi connectivity index (χ1n) is 8.36. The lowest BCUT2D eigenvalue weighted by Gasteiger charge is -2.33. The van der Waals surface area contributed by atoms with Gasteiger partial charge >= 0.3 is 0 Å². The molecule has 0 aromatic carbocycles. The van der Waals surface area contributed by atoms with Crippen LogP contribution in [0.4, 0.5) is 0 Å². The summed E-state index contributed by atoms with van der Waals surface area (Å²) in [4.78, 5) is 13.4. The van der Waals surface area contributed by atoms with E-state index in [0.29, 0.717) is 29.8 Å². The summed E-state index contributed by atoms with van der Waals surface area (Å²) < 4.78 is 0. The Morgan fingerprint density at radius 2 is 1.80 bits per heavy atom. The van der Waals surface area contributed by atoms with Crippen LogP contribution in [0.2, 0.25) is 0 Å². The SMILES string of the molecule is CN1CC(NC2CCCC(C(C)(C)C)CC2)CCC1=O. The normalized spacial score (nSPS) is 33.1. The van der Waals surface area contributed by atoms with Gasteiger partial charge in [0.25, 0.3) is 0 Å². The Labute approximate surface area is 124 Å². The highest BCUT2D eigenvalue weighted by molar-refractivity contribution is 5.76. The molecule has 1 heterocycles. The molecule has 3 atom stereocenters. The van der Waals surface area contributed by atoms with E-state index in [4.69, 9.17) is 0 Å². The van der Waals surface area contributed by atoms with Crippen molar-refractivity contribution >= 4 is 5.91 Å². The van der Waals surface area contributed by atoms with Gasteiger partial charge in [-0.2, -0.15) is 0 Å². The topological polar surface area (TPSA) is 32.3 Å². The van der Waals surface area contributed by atoms with E-state index in [1.807, 2.05) is 11.9 Å². The number of nitrogens with one attached hydrogen (secondary N) is 1. The van der Waals surface area contributed by atoms with Crippen LogP contribution >= 0.6 is 0 Å². The molecule has 0 radical (unpaired) electrons. The fraction of sp³-hybridized carbons (Fsp3) is 0.941. The number of likely N-dealkylation sites (tertiary alicyclic amines) is 1. The minimum Gasteiger partial charge on any atom is -0.344 e. The molecule has 3 nitrogen and oxygen atoms in total. The molecule has 3 heteroatoms. The standard InChI is InChI=1S/C17H32N2O/c1-17(2,3)13-6-5-7-14(9-8-13)18-15-10-11-16(20)19(4)12-15/h13-15,18H,5-12H2,1-4H3. The molecule has 116 valence electrons. The lowest BCUT2D eigenvalue weighted by atomic mass is 9.76. The fourth-order valence-electron chi connectivity index (χ4n) is 3.82. The van der Waals surface area contributed by atoms with Gasteiger partial charge in [0, 0.05) is 32.1 Å². The third-order valence-corrected chi connectivity index (χ3v) is 5.29. The molecule has 20 heavy (non-hydrogen) atoms. The van der Waals surface area contributed by atoms with Crippen molar-refractivity contribution in [2.75, 3.05) is 13.6 Å². The van der Waals surface area contributed by atoms with Gasteiger partial charge in [0.1, 0.15) is 0 Å². The molecular weight excluding hydrogens is 248 g/mol. The van der Waals surface area contributed by atoms with Crippen LogP contribution in [-0.4, -0.2) is 36.5 Å². The zero-order valence-corrected chi connectivity index (χ0v) is 13.7. The van der Waals surface area contributed by atoms with E-state index in [-0.39, 0.29) is 0 Å². The Kier molecular flexibility index (Phi) is 5.11. The van der Waals surface area contributed by atoms with Gasteiger partial charge in [0.05, 0.1) is 0 Å². The van der Waals surface area contributed by atoms with E-state index in [0.717, 1.165) is 18.9 Å². The van der Waals surface area contributed by atoms with Crippen LogP contribution in [0.25, 0.3) is 0 Å². The van der Waals surface area contributed by atoms with Gasteiger partial charge in [-0.05, 0) is 43.4 Å². The molecule has 0 aromatic heterocycles. The highest BCUT2D eigenvalue weighted by Crippen LogP contribution is 2.36. The summed E-state index contributed by atoms with van der Waals surface area (Å²) >= 11 is 0. The summed E-state index contributed by atoms with van der Waals surface area (Å²) in [7, 11) is 1.93. The molecular formula is C17H32N2O. The van der Waals surface area contributed by atoms with E-state index in [2.05, 4.69) is 26.1 Å². The average Bonchev–Trinajstić information content (AvgIpc) is 2.59. The number of likely N-dealkylation sites (N-methyl/N-ethyl adjacent to an activating group) is 1. The van der Waals surface area contributed by atoms with Crippen molar-refractivity contribution < 1.29 is 4.79 Å². The first kappa shape index (κ1) is 15.8. The summed E-state index contributed by atoms with van der Waals surface area (Å²) in [5.74, 6) is 1.17. The van der Waals surface area contributed by atoms with Crippen LogP contribution in [0.1, 0.15) is 65.7 Å². The highest BCUT2D eigenvalue weighted by atomic mass is 16.2. The Morgan fingerprint density at radius 3 is 2.45 bits per heavy atom. The molecule has 1 aliphatic carbocycles. The van der Waals surface area contributed by atoms with Gasteiger partial charge < -0.3 is 10.2 Å². The van der Waals surface area contributed by atoms with Crippen molar-refractivity contribution in [3.05, 3.63) is 0 Å². The number of rotatable bonds is 2. The number of carbonyl (C=O) groups is 1. The van der Waals surface area contributed by atoms with Crippen molar-refractivity contribution in [1.29, 1.82) is 0 Å². The summed E-state index contributed by atoms with van der Waals surface area (Å²) in [6, 6.07) is 1.17. The molecule has 2 aliphatic rings. The zero-order chi connectivity index (χ0) is 14.8. The van der Waals surface area contributed by atoms with Gasteiger partial charge in [-0.1, -0.05) is 27.2 Å². The Morgan fingerprint density at radius 1 is 1.05 bits per heavy atom. The zero-order valence-electron chi connectivity index (χ0n) is 13.7. The average molecular weight is 280 g/mol. The third-order valence-electron chi connectivity index (χ3n) is 5.29. The summed E-state index contributed by atoms with van der Waals surface area (Å²) in [6.45, 7) is 8.03. The fourth-order valence-corrected chi connectivity index (χ4v) is 3.82. The maximum Gasteiger partial charge on any atom is 0.222 e. The predicted octanol–water partition coefficient (Wildman–Crippen LogP) is 3.19. The van der Waals surface area contributed by atoms with Gasteiger partial charge in [0.2, 0.25) is 5.91 Å². The van der Waals surface area contributed by atoms with Crippen LogP contribution in [-0.2, 0) is 4.79 Å².